The number of carbonyl (C=O) groups is 1. The number of hydrogen-bond donors (Lipinski definition) is 0. The molecule has 0 unspecified atom stereocenters. The molecule has 0 fully saturated rings. The van der Waals surface area contributed by atoms with Crippen LogP contribution in [0, 0.1) is 5.82 Å². The first-order chi connectivity index (χ1) is 6.72. The molecule has 0 aliphatic heterocycles. The molecule has 0 radical (unpaired) electrons. The molecule has 0 atom stereocenters. The van der Waals surface area contributed by atoms with Gasteiger partial charge in [-0.1, -0.05) is 18.2 Å². The molecule has 0 saturated carbocycles. The van der Waals surface area contributed by atoms with Crippen molar-refractivity contribution in [2.45, 2.75) is 6.42 Å². The molecule has 0 heterocycles. The average Bonchev–Trinajstić information content (AvgIpc) is 2.21. The van der Waals surface area contributed by atoms with E-state index in [2.05, 4.69) is 4.74 Å². The summed E-state index contributed by atoms with van der Waals surface area (Å²) in [4.78, 5) is 10.7. The summed E-state index contributed by atoms with van der Waals surface area (Å²) >= 11 is 0. The highest BCUT2D eigenvalue weighted by Crippen LogP contribution is 2.03. The smallest absolute Gasteiger partial charge is 0.330 e. The lowest BCUT2D eigenvalue weighted by atomic mass is 10.1. The van der Waals surface area contributed by atoms with Crippen molar-refractivity contribution in [3.8, 4) is 0 Å². The molecule has 0 aliphatic carbocycles. The van der Waals surface area contributed by atoms with E-state index >= 15 is 0 Å². The fourth-order valence-electron chi connectivity index (χ4n) is 0.980. The van der Waals surface area contributed by atoms with Gasteiger partial charge in [0, 0.05) is 6.08 Å². The molecule has 2 nitrogen and oxygen atoms in total. The minimum absolute atomic E-state index is 0.259. The summed E-state index contributed by atoms with van der Waals surface area (Å²) in [6.45, 7) is 0. The zero-order chi connectivity index (χ0) is 10.4. The number of rotatable bonds is 3. The molecular formula is C11H11FO2. The minimum Gasteiger partial charge on any atom is -0.466 e. The highest BCUT2D eigenvalue weighted by atomic mass is 19.1. The van der Waals surface area contributed by atoms with Crippen LogP contribution in [0.15, 0.2) is 36.4 Å². The molecule has 1 aromatic rings. The van der Waals surface area contributed by atoms with Gasteiger partial charge in [-0.2, -0.15) is 0 Å². The summed E-state index contributed by atoms with van der Waals surface area (Å²) in [5, 5.41) is 0. The topological polar surface area (TPSA) is 26.3 Å². The molecule has 0 aromatic heterocycles. The van der Waals surface area contributed by atoms with E-state index in [1.807, 2.05) is 0 Å². The number of allylic oxidation sites excluding steroid dienone is 1. The van der Waals surface area contributed by atoms with Crippen molar-refractivity contribution in [3.63, 3.8) is 0 Å². The number of methoxy groups -OCH3 is 1. The Morgan fingerprint density at radius 2 is 2.07 bits per heavy atom. The zero-order valence-corrected chi connectivity index (χ0v) is 7.87. The Hall–Kier alpha value is -1.64. The second-order valence-electron chi connectivity index (χ2n) is 2.76. The predicted molar refractivity (Wildman–Crippen MR) is 51.3 cm³/mol. The molecule has 0 aliphatic rings. The number of esters is 1. The second kappa shape index (κ2) is 5.17. The van der Waals surface area contributed by atoms with E-state index in [-0.39, 0.29) is 11.8 Å². The van der Waals surface area contributed by atoms with E-state index in [4.69, 9.17) is 0 Å². The highest BCUT2D eigenvalue weighted by molar-refractivity contribution is 5.81. The average molecular weight is 194 g/mol. The first kappa shape index (κ1) is 10.4. The molecule has 0 N–H and O–H groups in total. The SMILES string of the molecule is COC(=O)/C=C/Cc1ccc(F)cc1. The van der Waals surface area contributed by atoms with Crippen LogP contribution in [0.5, 0.6) is 0 Å². The summed E-state index contributed by atoms with van der Waals surface area (Å²) in [6.07, 6.45) is 3.62. The van der Waals surface area contributed by atoms with Crippen LogP contribution in [-0.2, 0) is 16.0 Å². The molecule has 1 rings (SSSR count). The monoisotopic (exact) mass is 194 g/mol. The van der Waals surface area contributed by atoms with Gasteiger partial charge in [0.05, 0.1) is 7.11 Å². The quantitative estimate of drug-likeness (QED) is 0.544. The summed E-state index contributed by atoms with van der Waals surface area (Å²) < 4.78 is 16.9. The Bertz CT molecular complexity index is 328. The molecule has 3 heteroatoms. The lowest BCUT2D eigenvalue weighted by molar-refractivity contribution is -0.134. The van der Waals surface area contributed by atoms with Crippen molar-refractivity contribution in [3.05, 3.63) is 47.8 Å². The minimum atomic E-state index is -0.382. The number of carbonyl (C=O) groups excluding carboxylic acids is 1. The molecule has 14 heavy (non-hydrogen) atoms. The van der Waals surface area contributed by atoms with E-state index in [0.717, 1.165) is 5.56 Å². The summed E-state index contributed by atoms with van der Waals surface area (Å²) in [5.74, 6) is -0.641. The van der Waals surface area contributed by atoms with E-state index in [1.165, 1.54) is 25.3 Å². The van der Waals surface area contributed by atoms with Crippen LogP contribution >= 0.6 is 0 Å². The van der Waals surface area contributed by atoms with Gasteiger partial charge in [-0.3, -0.25) is 0 Å². The second-order valence-corrected chi connectivity index (χ2v) is 2.76. The van der Waals surface area contributed by atoms with Crippen LogP contribution in [0.1, 0.15) is 5.56 Å². The van der Waals surface area contributed by atoms with Gasteiger partial charge in [-0.05, 0) is 24.1 Å². The van der Waals surface area contributed by atoms with E-state index < -0.39 is 0 Å². The zero-order valence-electron chi connectivity index (χ0n) is 7.87. The van der Waals surface area contributed by atoms with Crippen LogP contribution in [0.2, 0.25) is 0 Å². The van der Waals surface area contributed by atoms with Crippen LogP contribution in [-0.4, -0.2) is 13.1 Å². The molecule has 1 aromatic carbocycles. The van der Waals surface area contributed by atoms with Crippen LogP contribution < -0.4 is 0 Å². The Balaban J connectivity index is 2.49. The van der Waals surface area contributed by atoms with Crippen molar-refractivity contribution in [2.75, 3.05) is 7.11 Å². The summed E-state index contributed by atoms with van der Waals surface area (Å²) in [6, 6.07) is 6.14. The molecular weight excluding hydrogens is 183 g/mol. The Kier molecular flexibility index (Phi) is 3.85. The standard InChI is InChI=1S/C11H11FO2/c1-14-11(13)4-2-3-9-5-7-10(12)8-6-9/h2,4-8H,3H2,1H3/b4-2+. The van der Waals surface area contributed by atoms with Gasteiger partial charge in [0.1, 0.15) is 5.82 Å². The van der Waals surface area contributed by atoms with Gasteiger partial charge in [0.15, 0.2) is 0 Å². The lowest BCUT2D eigenvalue weighted by Crippen LogP contribution is -1.94. The third kappa shape index (κ3) is 3.39. The maximum atomic E-state index is 12.5. The number of benzene rings is 1. The number of halogens is 1. The fourth-order valence-corrected chi connectivity index (χ4v) is 0.980. The number of ether oxygens (including phenoxy) is 1. The molecule has 0 bridgehead atoms. The van der Waals surface area contributed by atoms with E-state index in [1.54, 1.807) is 18.2 Å². The Labute approximate surface area is 82.0 Å². The molecule has 0 amide bonds. The van der Waals surface area contributed by atoms with Crippen LogP contribution in [0.25, 0.3) is 0 Å². The summed E-state index contributed by atoms with van der Waals surface area (Å²) in [5.41, 5.74) is 0.951. The van der Waals surface area contributed by atoms with Crippen molar-refractivity contribution >= 4 is 5.97 Å². The van der Waals surface area contributed by atoms with Crippen molar-refractivity contribution < 1.29 is 13.9 Å². The van der Waals surface area contributed by atoms with Gasteiger partial charge < -0.3 is 4.74 Å². The van der Waals surface area contributed by atoms with Crippen LogP contribution in [0.3, 0.4) is 0 Å². The Morgan fingerprint density at radius 1 is 1.43 bits per heavy atom. The lowest BCUT2D eigenvalue weighted by Gasteiger charge is -1.95. The maximum absolute atomic E-state index is 12.5. The van der Waals surface area contributed by atoms with E-state index in [0.29, 0.717) is 6.42 Å². The highest BCUT2D eigenvalue weighted by Gasteiger charge is 1.92. The fraction of sp³-hybridized carbons (Fsp3) is 0.182. The largest absolute Gasteiger partial charge is 0.466 e. The predicted octanol–water partition coefficient (Wildman–Crippen LogP) is 2.10. The van der Waals surface area contributed by atoms with Crippen LogP contribution in [0.4, 0.5) is 4.39 Å². The first-order valence-corrected chi connectivity index (χ1v) is 4.21. The first-order valence-electron chi connectivity index (χ1n) is 4.21. The van der Waals surface area contributed by atoms with Crippen molar-refractivity contribution in [1.29, 1.82) is 0 Å². The molecule has 74 valence electrons. The third-order valence-corrected chi connectivity index (χ3v) is 1.72. The van der Waals surface area contributed by atoms with Gasteiger partial charge in [0.25, 0.3) is 0 Å². The molecule has 0 saturated heterocycles. The maximum Gasteiger partial charge on any atom is 0.330 e. The number of hydrogen-bond acceptors (Lipinski definition) is 2. The third-order valence-electron chi connectivity index (χ3n) is 1.72. The molecule has 0 spiro atoms. The Morgan fingerprint density at radius 3 is 2.64 bits per heavy atom. The van der Waals surface area contributed by atoms with Crippen molar-refractivity contribution in [1.82, 2.24) is 0 Å². The summed E-state index contributed by atoms with van der Waals surface area (Å²) in [7, 11) is 1.32. The van der Waals surface area contributed by atoms with Gasteiger partial charge in [-0.25, -0.2) is 9.18 Å². The van der Waals surface area contributed by atoms with Gasteiger partial charge in [-0.15, -0.1) is 0 Å². The van der Waals surface area contributed by atoms with Gasteiger partial charge in [0.2, 0.25) is 0 Å². The van der Waals surface area contributed by atoms with E-state index in [9.17, 15) is 9.18 Å². The van der Waals surface area contributed by atoms with Gasteiger partial charge >= 0.3 is 5.97 Å². The van der Waals surface area contributed by atoms with Crippen molar-refractivity contribution in [2.24, 2.45) is 0 Å². The normalized spacial score (nSPS) is 10.4.